The summed E-state index contributed by atoms with van der Waals surface area (Å²) in [6.45, 7) is 5.11. The van der Waals surface area contributed by atoms with Crippen LogP contribution < -0.4 is 10.2 Å². The quantitative estimate of drug-likeness (QED) is 0.892. The van der Waals surface area contributed by atoms with Crippen LogP contribution in [0.2, 0.25) is 0 Å². The Morgan fingerprint density at radius 3 is 2.46 bits per heavy atom. The molecule has 26 heavy (non-hydrogen) atoms. The van der Waals surface area contributed by atoms with E-state index in [9.17, 15) is 0 Å². The first kappa shape index (κ1) is 17.3. The molecule has 0 bridgehead atoms. The molecule has 1 N–H and O–H groups in total. The highest BCUT2D eigenvalue weighted by Gasteiger charge is 2.20. The molecule has 2 fully saturated rings. The van der Waals surface area contributed by atoms with Crippen LogP contribution in [0.5, 0.6) is 0 Å². The van der Waals surface area contributed by atoms with Crippen molar-refractivity contribution in [2.75, 3.05) is 36.4 Å². The highest BCUT2D eigenvalue weighted by atomic mass is 15.3. The molecule has 1 saturated carbocycles. The van der Waals surface area contributed by atoms with Gasteiger partial charge in [-0.05, 0) is 24.5 Å². The Hall–Kier alpha value is -2.14. The Morgan fingerprint density at radius 1 is 0.923 bits per heavy atom. The van der Waals surface area contributed by atoms with Gasteiger partial charge in [-0.25, -0.2) is 4.98 Å². The maximum atomic E-state index is 4.78. The third-order valence-corrected chi connectivity index (χ3v) is 5.50. The molecule has 2 heterocycles. The number of benzene rings is 1. The lowest BCUT2D eigenvalue weighted by molar-refractivity contribution is 0.248. The molecule has 2 aromatic rings. The van der Waals surface area contributed by atoms with Gasteiger partial charge in [-0.3, -0.25) is 4.90 Å². The molecule has 0 amide bonds. The minimum atomic E-state index is 0.578. The van der Waals surface area contributed by atoms with Crippen LogP contribution in [0.1, 0.15) is 37.7 Å². The summed E-state index contributed by atoms with van der Waals surface area (Å²) < 4.78 is 0. The van der Waals surface area contributed by atoms with Gasteiger partial charge in [0.15, 0.2) is 0 Å². The van der Waals surface area contributed by atoms with Crippen LogP contribution in [-0.4, -0.2) is 47.1 Å². The van der Waals surface area contributed by atoms with Crippen LogP contribution in [0.3, 0.4) is 0 Å². The van der Waals surface area contributed by atoms with Crippen LogP contribution >= 0.6 is 0 Å². The molecule has 4 rings (SSSR count). The molecule has 0 radical (unpaired) electrons. The maximum Gasteiger partial charge on any atom is 0.227 e. The SMILES string of the molecule is c1ccc(CN2CCN(c3nccc(NC4CCCCC4)n3)CC2)cc1. The Balaban J connectivity index is 1.31. The lowest BCUT2D eigenvalue weighted by Crippen LogP contribution is -2.46. The first-order valence-electron chi connectivity index (χ1n) is 9.98. The summed E-state index contributed by atoms with van der Waals surface area (Å²) in [4.78, 5) is 14.1. The van der Waals surface area contributed by atoms with E-state index >= 15 is 0 Å². The van der Waals surface area contributed by atoms with Gasteiger partial charge in [0, 0.05) is 45.0 Å². The zero-order valence-electron chi connectivity index (χ0n) is 15.5. The van der Waals surface area contributed by atoms with Gasteiger partial charge >= 0.3 is 0 Å². The lowest BCUT2D eigenvalue weighted by Gasteiger charge is -2.35. The third kappa shape index (κ3) is 4.52. The third-order valence-electron chi connectivity index (χ3n) is 5.50. The average Bonchev–Trinajstić information content (AvgIpc) is 2.70. The van der Waals surface area contributed by atoms with Gasteiger partial charge in [0.25, 0.3) is 0 Å². The fraction of sp³-hybridized carbons (Fsp3) is 0.524. The minimum Gasteiger partial charge on any atom is -0.367 e. The summed E-state index contributed by atoms with van der Waals surface area (Å²) in [6.07, 6.45) is 8.46. The van der Waals surface area contributed by atoms with E-state index in [0.717, 1.165) is 44.5 Å². The van der Waals surface area contributed by atoms with Gasteiger partial charge in [-0.2, -0.15) is 4.98 Å². The van der Waals surface area contributed by atoms with E-state index in [0.29, 0.717) is 6.04 Å². The number of aromatic nitrogens is 2. The van der Waals surface area contributed by atoms with Gasteiger partial charge in [0.05, 0.1) is 0 Å². The average molecular weight is 351 g/mol. The summed E-state index contributed by atoms with van der Waals surface area (Å²) >= 11 is 0. The highest BCUT2D eigenvalue weighted by Crippen LogP contribution is 2.22. The van der Waals surface area contributed by atoms with Crippen molar-refractivity contribution in [1.82, 2.24) is 14.9 Å². The molecule has 0 unspecified atom stereocenters. The van der Waals surface area contributed by atoms with E-state index in [1.165, 1.54) is 37.7 Å². The van der Waals surface area contributed by atoms with Crippen LogP contribution in [-0.2, 0) is 6.54 Å². The van der Waals surface area contributed by atoms with Crippen molar-refractivity contribution in [2.45, 2.75) is 44.7 Å². The van der Waals surface area contributed by atoms with Gasteiger partial charge in [0.1, 0.15) is 5.82 Å². The van der Waals surface area contributed by atoms with E-state index in [1.807, 2.05) is 12.3 Å². The fourth-order valence-corrected chi connectivity index (χ4v) is 3.98. The first-order chi connectivity index (χ1) is 12.9. The van der Waals surface area contributed by atoms with Crippen LogP contribution in [0.4, 0.5) is 11.8 Å². The van der Waals surface area contributed by atoms with Crippen LogP contribution in [0.25, 0.3) is 0 Å². The van der Waals surface area contributed by atoms with Crippen molar-refractivity contribution in [3.8, 4) is 0 Å². The molecule has 5 nitrogen and oxygen atoms in total. The predicted molar refractivity (Wildman–Crippen MR) is 106 cm³/mol. The second-order valence-electron chi connectivity index (χ2n) is 7.47. The van der Waals surface area contributed by atoms with Gasteiger partial charge in [-0.15, -0.1) is 0 Å². The normalized spacial score (nSPS) is 19.5. The predicted octanol–water partition coefficient (Wildman–Crippen LogP) is 3.54. The van der Waals surface area contributed by atoms with E-state index in [2.05, 4.69) is 50.4 Å². The summed E-state index contributed by atoms with van der Waals surface area (Å²) in [5.41, 5.74) is 1.39. The topological polar surface area (TPSA) is 44.3 Å². The molecule has 5 heteroatoms. The van der Waals surface area contributed by atoms with E-state index < -0.39 is 0 Å². The van der Waals surface area contributed by atoms with Crippen molar-refractivity contribution in [3.05, 3.63) is 48.2 Å². The Bertz CT molecular complexity index is 676. The molecule has 0 spiro atoms. The molecule has 2 aliphatic rings. The standard InChI is InChI=1S/C21H29N5/c1-3-7-18(8-4-1)17-25-13-15-26(16-14-25)21-22-12-11-20(24-21)23-19-9-5-2-6-10-19/h1,3-4,7-8,11-12,19H,2,5-6,9-10,13-17H2,(H,22,23,24). The Morgan fingerprint density at radius 2 is 1.69 bits per heavy atom. The second-order valence-corrected chi connectivity index (χ2v) is 7.47. The number of anilines is 2. The Kier molecular flexibility index (Phi) is 5.65. The van der Waals surface area contributed by atoms with Gasteiger partial charge in [-0.1, -0.05) is 49.6 Å². The molecule has 1 aliphatic carbocycles. The molecule has 138 valence electrons. The van der Waals surface area contributed by atoms with Crippen molar-refractivity contribution in [1.29, 1.82) is 0 Å². The van der Waals surface area contributed by atoms with E-state index in [4.69, 9.17) is 4.98 Å². The van der Waals surface area contributed by atoms with Gasteiger partial charge < -0.3 is 10.2 Å². The lowest BCUT2D eigenvalue weighted by atomic mass is 9.95. The smallest absolute Gasteiger partial charge is 0.227 e. The number of nitrogens with one attached hydrogen (secondary N) is 1. The second kappa shape index (κ2) is 8.49. The zero-order valence-corrected chi connectivity index (χ0v) is 15.5. The van der Waals surface area contributed by atoms with Crippen LogP contribution in [0, 0.1) is 0 Å². The molecular formula is C21H29N5. The molecule has 1 aliphatic heterocycles. The summed E-state index contributed by atoms with van der Waals surface area (Å²) in [5.74, 6) is 1.85. The molecular weight excluding hydrogens is 322 g/mol. The monoisotopic (exact) mass is 351 g/mol. The highest BCUT2D eigenvalue weighted by molar-refractivity contribution is 5.42. The summed E-state index contributed by atoms with van der Waals surface area (Å²) in [5, 5.41) is 3.61. The number of nitrogens with zero attached hydrogens (tertiary/aromatic N) is 4. The summed E-state index contributed by atoms with van der Waals surface area (Å²) in [7, 11) is 0. The number of piperazine rings is 1. The molecule has 1 saturated heterocycles. The first-order valence-corrected chi connectivity index (χ1v) is 9.98. The number of hydrogen-bond acceptors (Lipinski definition) is 5. The number of rotatable bonds is 5. The molecule has 1 aromatic carbocycles. The minimum absolute atomic E-state index is 0.578. The Labute approximate surface area is 156 Å². The summed E-state index contributed by atoms with van der Waals surface area (Å²) in [6, 6.07) is 13.3. The van der Waals surface area contributed by atoms with E-state index in [1.54, 1.807) is 0 Å². The van der Waals surface area contributed by atoms with Crippen molar-refractivity contribution >= 4 is 11.8 Å². The molecule has 0 atom stereocenters. The molecule has 1 aromatic heterocycles. The maximum absolute atomic E-state index is 4.78. The van der Waals surface area contributed by atoms with Crippen molar-refractivity contribution in [2.24, 2.45) is 0 Å². The van der Waals surface area contributed by atoms with Crippen LogP contribution in [0.15, 0.2) is 42.6 Å². The van der Waals surface area contributed by atoms with E-state index in [-0.39, 0.29) is 0 Å². The fourth-order valence-electron chi connectivity index (χ4n) is 3.98. The van der Waals surface area contributed by atoms with Crippen molar-refractivity contribution < 1.29 is 0 Å². The van der Waals surface area contributed by atoms with Crippen molar-refractivity contribution in [3.63, 3.8) is 0 Å². The number of hydrogen-bond donors (Lipinski definition) is 1. The zero-order chi connectivity index (χ0) is 17.6. The largest absolute Gasteiger partial charge is 0.367 e. The van der Waals surface area contributed by atoms with Gasteiger partial charge in [0.2, 0.25) is 5.95 Å².